The number of rotatable bonds is 8. The summed E-state index contributed by atoms with van der Waals surface area (Å²) in [6, 6.07) is 17.6. The molecule has 0 amide bonds. The third kappa shape index (κ3) is 7.19. The van der Waals surface area contributed by atoms with Gasteiger partial charge in [0, 0.05) is 30.7 Å². The highest BCUT2D eigenvalue weighted by Gasteiger charge is 2.28. The summed E-state index contributed by atoms with van der Waals surface area (Å²) in [5.74, 6) is 1.64. The van der Waals surface area contributed by atoms with Gasteiger partial charge in [-0.25, -0.2) is 0 Å². The van der Waals surface area contributed by atoms with Crippen molar-refractivity contribution in [3.63, 3.8) is 0 Å². The van der Waals surface area contributed by atoms with E-state index in [4.69, 9.17) is 16.3 Å². The molecule has 0 spiro atoms. The van der Waals surface area contributed by atoms with E-state index in [9.17, 15) is 0 Å². The van der Waals surface area contributed by atoms with Crippen LogP contribution in [0.25, 0.3) is 0 Å². The van der Waals surface area contributed by atoms with Gasteiger partial charge in [0.1, 0.15) is 5.75 Å². The van der Waals surface area contributed by atoms with Crippen LogP contribution in [0, 0.1) is 5.92 Å². The number of halogens is 1. The smallest absolute Gasteiger partial charge is 0.120 e. The van der Waals surface area contributed by atoms with Crippen molar-refractivity contribution < 1.29 is 4.74 Å². The molecule has 0 saturated carbocycles. The maximum atomic E-state index is 6.51. The normalized spacial score (nSPS) is 21.5. The number of piperidine rings is 1. The van der Waals surface area contributed by atoms with E-state index in [1.54, 1.807) is 0 Å². The average molecular weight is 470 g/mol. The van der Waals surface area contributed by atoms with Gasteiger partial charge in [-0.1, -0.05) is 41.9 Å². The van der Waals surface area contributed by atoms with Crippen LogP contribution in [-0.4, -0.2) is 66.7 Å². The van der Waals surface area contributed by atoms with Gasteiger partial charge < -0.3 is 9.64 Å². The maximum Gasteiger partial charge on any atom is 0.120 e. The number of hydrogen-bond acceptors (Lipinski definition) is 4. The Morgan fingerprint density at radius 1 is 0.970 bits per heavy atom. The van der Waals surface area contributed by atoms with E-state index >= 15 is 0 Å². The molecule has 2 fully saturated rings. The van der Waals surface area contributed by atoms with E-state index in [2.05, 4.69) is 72.0 Å². The van der Waals surface area contributed by atoms with Gasteiger partial charge in [-0.3, -0.25) is 9.80 Å². The van der Waals surface area contributed by atoms with Crippen molar-refractivity contribution >= 4 is 11.6 Å². The first-order valence-corrected chi connectivity index (χ1v) is 13.0. The standard InChI is InChI=1S/C28H40ClN3O/c1-22(2)33-27-9-10-28(29)25(18-27)17-23-11-14-31(15-12-23)20-26-13-16-32(21-30(26)3)19-24-7-5-4-6-8-24/h4-10,18,22-23,26H,11-17,19-21H2,1-3H3. The zero-order valence-electron chi connectivity index (χ0n) is 20.5. The van der Waals surface area contributed by atoms with Crippen LogP contribution in [0.15, 0.2) is 48.5 Å². The molecule has 2 heterocycles. The van der Waals surface area contributed by atoms with Crippen LogP contribution in [-0.2, 0) is 13.0 Å². The Labute approximate surface area is 205 Å². The molecule has 5 heteroatoms. The fraction of sp³-hybridized carbons (Fsp3) is 0.571. The molecule has 2 aliphatic heterocycles. The van der Waals surface area contributed by atoms with Crippen molar-refractivity contribution in [1.29, 1.82) is 0 Å². The van der Waals surface area contributed by atoms with Crippen molar-refractivity contribution in [2.24, 2.45) is 5.92 Å². The van der Waals surface area contributed by atoms with Gasteiger partial charge in [0.05, 0.1) is 12.8 Å². The van der Waals surface area contributed by atoms with Crippen LogP contribution in [0.1, 0.15) is 44.2 Å². The van der Waals surface area contributed by atoms with Crippen molar-refractivity contribution in [1.82, 2.24) is 14.7 Å². The van der Waals surface area contributed by atoms with Crippen LogP contribution < -0.4 is 4.74 Å². The van der Waals surface area contributed by atoms with Crippen LogP contribution >= 0.6 is 11.6 Å². The highest BCUT2D eigenvalue weighted by Crippen LogP contribution is 2.29. The first kappa shape index (κ1) is 24.5. The highest BCUT2D eigenvalue weighted by atomic mass is 35.5. The van der Waals surface area contributed by atoms with Gasteiger partial charge in [0.25, 0.3) is 0 Å². The van der Waals surface area contributed by atoms with Crippen molar-refractivity contribution in [2.45, 2.75) is 58.2 Å². The Morgan fingerprint density at radius 2 is 1.70 bits per heavy atom. The lowest BCUT2D eigenvalue weighted by atomic mass is 9.89. The van der Waals surface area contributed by atoms with E-state index in [0.29, 0.717) is 12.0 Å². The van der Waals surface area contributed by atoms with Gasteiger partial charge in [-0.2, -0.15) is 0 Å². The van der Waals surface area contributed by atoms with Gasteiger partial charge in [-0.15, -0.1) is 0 Å². The lowest BCUT2D eigenvalue weighted by Gasteiger charge is -2.43. The Balaban J connectivity index is 1.21. The SMILES string of the molecule is CC(C)Oc1ccc(Cl)c(CC2CCN(CC3CCN(Cc4ccccc4)CN3C)CC2)c1. The van der Waals surface area contributed by atoms with E-state index in [1.807, 2.05) is 12.1 Å². The summed E-state index contributed by atoms with van der Waals surface area (Å²) in [6.45, 7) is 11.0. The second kappa shape index (κ2) is 11.7. The molecule has 0 aromatic heterocycles. The number of ether oxygens (including phenoxy) is 1. The van der Waals surface area contributed by atoms with E-state index < -0.39 is 0 Å². The summed E-state index contributed by atoms with van der Waals surface area (Å²) in [5, 5.41) is 0.873. The van der Waals surface area contributed by atoms with Crippen LogP contribution in [0.4, 0.5) is 0 Å². The Morgan fingerprint density at radius 3 is 2.39 bits per heavy atom. The maximum absolute atomic E-state index is 6.51. The van der Waals surface area contributed by atoms with Crippen molar-refractivity contribution in [3.8, 4) is 5.75 Å². The minimum absolute atomic E-state index is 0.186. The van der Waals surface area contributed by atoms with E-state index in [-0.39, 0.29) is 6.10 Å². The van der Waals surface area contributed by atoms with Crippen LogP contribution in [0.5, 0.6) is 5.75 Å². The minimum atomic E-state index is 0.186. The Bertz CT molecular complexity index is 867. The summed E-state index contributed by atoms with van der Waals surface area (Å²) in [4.78, 5) is 7.81. The molecule has 33 heavy (non-hydrogen) atoms. The van der Waals surface area contributed by atoms with Gasteiger partial charge in [-0.05, 0) is 94.9 Å². The zero-order valence-corrected chi connectivity index (χ0v) is 21.3. The molecule has 2 aliphatic rings. The molecule has 0 aliphatic carbocycles. The summed E-state index contributed by atoms with van der Waals surface area (Å²) in [6.07, 6.45) is 5.00. The fourth-order valence-electron chi connectivity index (χ4n) is 5.29. The Hall–Kier alpha value is -1.59. The molecule has 180 valence electrons. The Kier molecular flexibility index (Phi) is 8.70. The molecule has 0 bridgehead atoms. The summed E-state index contributed by atoms with van der Waals surface area (Å²) >= 11 is 6.51. The lowest BCUT2D eigenvalue weighted by molar-refractivity contribution is 0.0302. The summed E-state index contributed by atoms with van der Waals surface area (Å²) in [7, 11) is 2.29. The quantitative estimate of drug-likeness (QED) is 0.504. The first-order chi connectivity index (χ1) is 16.0. The number of nitrogens with zero attached hydrogens (tertiary/aromatic N) is 3. The van der Waals surface area contributed by atoms with Gasteiger partial charge >= 0.3 is 0 Å². The molecule has 0 radical (unpaired) electrons. The zero-order chi connectivity index (χ0) is 23.2. The van der Waals surface area contributed by atoms with Gasteiger partial charge in [0.15, 0.2) is 0 Å². The number of likely N-dealkylation sites (tertiary alicyclic amines) is 1. The second-order valence-electron chi connectivity index (χ2n) is 10.2. The fourth-order valence-corrected chi connectivity index (χ4v) is 5.48. The third-order valence-electron chi connectivity index (χ3n) is 7.15. The molecule has 0 N–H and O–H groups in total. The topological polar surface area (TPSA) is 19.0 Å². The van der Waals surface area contributed by atoms with E-state index in [1.165, 1.54) is 56.6 Å². The molecular formula is C28H40ClN3O. The average Bonchev–Trinajstić information content (AvgIpc) is 2.79. The molecule has 1 unspecified atom stereocenters. The molecule has 2 saturated heterocycles. The number of benzene rings is 2. The van der Waals surface area contributed by atoms with Gasteiger partial charge in [0.2, 0.25) is 0 Å². The van der Waals surface area contributed by atoms with Crippen LogP contribution in [0.2, 0.25) is 5.02 Å². The van der Waals surface area contributed by atoms with E-state index in [0.717, 1.165) is 30.4 Å². The summed E-state index contributed by atoms with van der Waals surface area (Å²) < 4.78 is 5.88. The predicted octanol–water partition coefficient (Wildman–Crippen LogP) is 5.55. The predicted molar refractivity (Wildman–Crippen MR) is 138 cm³/mol. The van der Waals surface area contributed by atoms with Crippen molar-refractivity contribution in [2.75, 3.05) is 39.9 Å². The largest absolute Gasteiger partial charge is 0.491 e. The molecule has 4 rings (SSSR count). The molecule has 1 atom stereocenters. The summed E-state index contributed by atoms with van der Waals surface area (Å²) in [5.41, 5.74) is 2.65. The molecule has 2 aromatic carbocycles. The number of hydrogen-bond donors (Lipinski definition) is 0. The lowest BCUT2D eigenvalue weighted by Crippen LogP contribution is -2.53. The highest BCUT2D eigenvalue weighted by molar-refractivity contribution is 6.31. The van der Waals surface area contributed by atoms with Crippen molar-refractivity contribution in [3.05, 3.63) is 64.7 Å². The third-order valence-corrected chi connectivity index (χ3v) is 7.52. The molecule has 2 aromatic rings. The second-order valence-corrected chi connectivity index (χ2v) is 10.7. The monoisotopic (exact) mass is 469 g/mol. The number of likely N-dealkylation sites (N-methyl/N-ethyl adjacent to an activating group) is 1. The molecule has 4 nitrogen and oxygen atoms in total. The van der Waals surface area contributed by atoms with Crippen LogP contribution in [0.3, 0.4) is 0 Å². The minimum Gasteiger partial charge on any atom is -0.491 e. The first-order valence-electron chi connectivity index (χ1n) is 12.6. The molecular weight excluding hydrogens is 430 g/mol.